The summed E-state index contributed by atoms with van der Waals surface area (Å²) in [6.07, 6.45) is 4.56. The van der Waals surface area contributed by atoms with Crippen LogP contribution in [0.15, 0.2) is 0 Å². The van der Waals surface area contributed by atoms with E-state index in [9.17, 15) is 0 Å². The number of aliphatic hydroxyl groups excluding tert-OH is 1. The maximum Gasteiger partial charge on any atom is 0.0589 e. The first-order valence-electron chi connectivity index (χ1n) is 5.67. The Kier molecular flexibility index (Phi) is 10.9. The fraction of sp³-hybridized carbons (Fsp3) is 1.00. The molecule has 3 nitrogen and oxygen atoms in total. The van der Waals surface area contributed by atoms with E-state index in [2.05, 4.69) is 11.8 Å². The smallest absolute Gasteiger partial charge is 0.0589 e. The first-order chi connectivity index (χ1) is 6.85. The minimum absolute atomic E-state index is 0.334. The minimum atomic E-state index is 0.334. The Morgan fingerprint density at radius 2 is 1.79 bits per heavy atom. The Labute approximate surface area is 88.1 Å². The van der Waals surface area contributed by atoms with Crippen LogP contribution in [0.25, 0.3) is 0 Å². The molecule has 0 bridgehead atoms. The van der Waals surface area contributed by atoms with Crippen LogP contribution in [-0.2, 0) is 4.74 Å². The topological polar surface area (TPSA) is 32.7 Å². The van der Waals surface area contributed by atoms with Gasteiger partial charge in [0, 0.05) is 20.3 Å². The van der Waals surface area contributed by atoms with Crippen LogP contribution < -0.4 is 0 Å². The van der Waals surface area contributed by atoms with Gasteiger partial charge in [0.15, 0.2) is 0 Å². The van der Waals surface area contributed by atoms with Gasteiger partial charge in [0.1, 0.15) is 0 Å². The summed E-state index contributed by atoms with van der Waals surface area (Å²) in [7, 11) is 1.75. The van der Waals surface area contributed by atoms with Gasteiger partial charge >= 0.3 is 0 Å². The maximum absolute atomic E-state index is 8.61. The Morgan fingerprint density at radius 1 is 1.07 bits per heavy atom. The van der Waals surface area contributed by atoms with Gasteiger partial charge in [-0.15, -0.1) is 0 Å². The molecule has 0 aromatic rings. The first kappa shape index (κ1) is 13.9. The van der Waals surface area contributed by atoms with E-state index >= 15 is 0 Å². The van der Waals surface area contributed by atoms with Crippen molar-refractivity contribution >= 4 is 0 Å². The van der Waals surface area contributed by atoms with Crippen LogP contribution in [0.2, 0.25) is 0 Å². The van der Waals surface area contributed by atoms with Gasteiger partial charge in [0.2, 0.25) is 0 Å². The summed E-state index contributed by atoms with van der Waals surface area (Å²) < 4.78 is 5.04. The molecule has 0 aliphatic heterocycles. The highest BCUT2D eigenvalue weighted by atomic mass is 16.5. The first-order valence-corrected chi connectivity index (χ1v) is 5.67. The van der Waals surface area contributed by atoms with Gasteiger partial charge in [-0.25, -0.2) is 0 Å². The number of likely N-dealkylation sites (N-methyl/N-ethyl adjacent to an activating group) is 1. The Balaban J connectivity index is 3.24. The van der Waals surface area contributed by atoms with Crippen LogP contribution in [0.1, 0.15) is 32.6 Å². The third-order valence-corrected chi connectivity index (χ3v) is 2.44. The van der Waals surface area contributed by atoms with E-state index in [1.54, 1.807) is 7.11 Å². The van der Waals surface area contributed by atoms with Crippen molar-refractivity contribution in [3.63, 3.8) is 0 Å². The zero-order valence-electron chi connectivity index (χ0n) is 9.67. The van der Waals surface area contributed by atoms with Crippen molar-refractivity contribution in [3.05, 3.63) is 0 Å². The molecule has 0 fully saturated rings. The minimum Gasteiger partial charge on any atom is -0.396 e. The predicted octanol–water partition coefficient (Wildman–Crippen LogP) is 1.51. The summed E-state index contributed by atoms with van der Waals surface area (Å²) >= 11 is 0. The highest BCUT2D eigenvalue weighted by Gasteiger charge is 2.00. The molecule has 0 aliphatic rings. The standard InChI is InChI=1S/C11H25NO2/c1-3-12(9-11-14-2)8-6-4-5-7-10-13/h13H,3-11H2,1-2H3. The molecule has 1 N–H and O–H groups in total. The third kappa shape index (κ3) is 8.48. The van der Waals surface area contributed by atoms with Crippen LogP contribution in [0.3, 0.4) is 0 Å². The highest BCUT2D eigenvalue weighted by Crippen LogP contribution is 2.01. The average molecular weight is 203 g/mol. The molecule has 0 aliphatic carbocycles. The zero-order chi connectivity index (χ0) is 10.6. The molecule has 0 aromatic carbocycles. The SMILES string of the molecule is CCN(CCCCCCO)CCOC. The third-order valence-electron chi connectivity index (χ3n) is 2.44. The van der Waals surface area contributed by atoms with Gasteiger partial charge in [-0.3, -0.25) is 0 Å². The molecule has 0 aromatic heterocycles. The number of hydrogen-bond acceptors (Lipinski definition) is 3. The highest BCUT2D eigenvalue weighted by molar-refractivity contribution is 4.55. The van der Waals surface area contributed by atoms with E-state index in [0.717, 1.165) is 39.1 Å². The molecule has 0 saturated carbocycles. The monoisotopic (exact) mass is 203 g/mol. The van der Waals surface area contributed by atoms with Crippen LogP contribution in [-0.4, -0.2) is 50.0 Å². The number of hydrogen-bond donors (Lipinski definition) is 1. The molecule has 0 rings (SSSR count). The van der Waals surface area contributed by atoms with Gasteiger partial charge in [-0.05, 0) is 25.9 Å². The molecule has 0 saturated heterocycles. The van der Waals surface area contributed by atoms with E-state index in [1.165, 1.54) is 12.8 Å². The Bertz CT molecular complexity index is 109. The van der Waals surface area contributed by atoms with Crippen molar-refractivity contribution in [2.75, 3.05) is 40.0 Å². The summed E-state index contributed by atoms with van der Waals surface area (Å²) in [5.41, 5.74) is 0. The van der Waals surface area contributed by atoms with Crippen LogP contribution in [0.4, 0.5) is 0 Å². The lowest BCUT2D eigenvalue weighted by Gasteiger charge is -2.19. The largest absolute Gasteiger partial charge is 0.396 e. The van der Waals surface area contributed by atoms with Gasteiger partial charge in [0.25, 0.3) is 0 Å². The molecular weight excluding hydrogens is 178 g/mol. The molecule has 0 heterocycles. The maximum atomic E-state index is 8.61. The molecule has 0 amide bonds. The molecule has 0 radical (unpaired) electrons. The molecular formula is C11H25NO2. The summed E-state index contributed by atoms with van der Waals surface area (Å²) in [6.45, 7) is 6.64. The lowest BCUT2D eigenvalue weighted by atomic mass is 10.2. The fourth-order valence-corrected chi connectivity index (χ4v) is 1.45. The lowest BCUT2D eigenvalue weighted by molar-refractivity contribution is 0.149. The Hall–Kier alpha value is -0.120. The normalized spacial score (nSPS) is 11.1. The second-order valence-electron chi connectivity index (χ2n) is 3.56. The van der Waals surface area contributed by atoms with E-state index < -0.39 is 0 Å². The van der Waals surface area contributed by atoms with Gasteiger partial charge < -0.3 is 14.7 Å². The van der Waals surface area contributed by atoms with Crippen molar-refractivity contribution in [1.29, 1.82) is 0 Å². The quantitative estimate of drug-likeness (QED) is 0.546. The average Bonchev–Trinajstić information content (AvgIpc) is 2.22. The number of nitrogens with zero attached hydrogens (tertiary/aromatic N) is 1. The molecule has 14 heavy (non-hydrogen) atoms. The number of ether oxygens (including phenoxy) is 1. The molecule has 0 atom stereocenters. The van der Waals surface area contributed by atoms with Crippen LogP contribution >= 0.6 is 0 Å². The number of aliphatic hydroxyl groups is 1. The number of rotatable bonds is 10. The second-order valence-corrected chi connectivity index (χ2v) is 3.56. The van der Waals surface area contributed by atoms with Crippen LogP contribution in [0, 0.1) is 0 Å². The molecule has 3 heteroatoms. The van der Waals surface area contributed by atoms with Crippen molar-refractivity contribution < 1.29 is 9.84 Å². The van der Waals surface area contributed by atoms with Gasteiger partial charge in [-0.1, -0.05) is 19.8 Å². The van der Waals surface area contributed by atoms with E-state index in [-0.39, 0.29) is 0 Å². The van der Waals surface area contributed by atoms with Crippen molar-refractivity contribution in [1.82, 2.24) is 4.90 Å². The lowest BCUT2D eigenvalue weighted by Crippen LogP contribution is -2.28. The summed E-state index contributed by atoms with van der Waals surface area (Å²) in [5, 5.41) is 8.61. The van der Waals surface area contributed by atoms with E-state index in [1.807, 2.05) is 0 Å². The van der Waals surface area contributed by atoms with Crippen LogP contribution in [0.5, 0.6) is 0 Å². The zero-order valence-corrected chi connectivity index (χ0v) is 9.67. The number of unbranched alkanes of at least 4 members (excludes halogenated alkanes) is 3. The summed E-state index contributed by atoms with van der Waals surface area (Å²) in [5.74, 6) is 0. The second kappa shape index (κ2) is 11.0. The molecule has 0 spiro atoms. The molecule has 86 valence electrons. The summed E-state index contributed by atoms with van der Waals surface area (Å²) in [6, 6.07) is 0. The van der Waals surface area contributed by atoms with Crippen molar-refractivity contribution in [3.8, 4) is 0 Å². The molecule has 0 unspecified atom stereocenters. The van der Waals surface area contributed by atoms with Gasteiger partial charge in [0.05, 0.1) is 6.61 Å². The summed E-state index contributed by atoms with van der Waals surface area (Å²) in [4.78, 5) is 2.41. The fourth-order valence-electron chi connectivity index (χ4n) is 1.45. The Morgan fingerprint density at radius 3 is 2.36 bits per heavy atom. The number of methoxy groups -OCH3 is 1. The van der Waals surface area contributed by atoms with Crippen molar-refractivity contribution in [2.45, 2.75) is 32.6 Å². The predicted molar refractivity (Wildman–Crippen MR) is 59.5 cm³/mol. The van der Waals surface area contributed by atoms with E-state index in [4.69, 9.17) is 9.84 Å². The van der Waals surface area contributed by atoms with E-state index in [0.29, 0.717) is 6.61 Å². The van der Waals surface area contributed by atoms with Gasteiger partial charge in [-0.2, -0.15) is 0 Å². The van der Waals surface area contributed by atoms with Crippen molar-refractivity contribution in [2.24, 2.45) is 0 Å².